The lowest BCUT2D eigenvalue weighted by molar-refractivity contribution is 0.0219. The third kappa shape index (κ3) is 4.45. The second kappa shape index (κ2) is 5.86. The van der Waals surface area contributed by atoms with Gasteiger partial charge in [0.2, 0.25) is 0 Å². The zero-order chi connectivity index (χ0) is 13.9. The average Bonchev–Trinajstić information content (AvgIpc) is 2.80. The number of hydrogen-bond donors (Lipinski definition) is 1. The van der Waals surface area contributed by atoms with Crippen LogP contribution in [0.4, 0.5) is 4.79 Å². The Kier molecular flexibility index (Phi) is 4.39. The first-order valence-electron chi connectivity index (χ1n) is 6.58. The van der Waals surface area contributed by atoms with Gasteiger partial charge >= 0.3 is 6.09 Å². The number of rotatable bonds is 2. The van der Waals surface area contributed by atoms with E-state index in [1.54, 1.807) is 22.9 Å². The first-order chi connectivity index (χ1) is 8.94. The van der Waals surface area contributed by atoms with E-state index < -0.39 is 5.60 Å². The summed E-state index contributed by atoms with van der Waals surface area (Å²) in [6, 6.07) is 0. The van der Waals surface area contributed by atoms with E-state index >= 15 is 0 Å². The zero-order valence-corrected chi connectivity index (χ0v) is 12.5. The van der Waals surface area contributed by atoms with Crippen LogP contribution in [0.25, 0.3) is 0 Å². The van der Waals surface area contributed by atoms with Crippen LogP contribution in [0.15, 0.2) is 17.6 Å². The van der Waals surface area contributed by atoms with E-state index in [0.717, 1.165) is 31.1 Å². The number of carbonyl (C=O) groups excluding carboxylic acids is 1. The van der Waals surface area contributed by atoms with E-state index in [1.807, 2.05) is 27.0 Å². The average molecular weight is 283 g/mol. The van der Waals surface area contributed by atoms with E-state index in [4.69, 9.17) is 4.74 Å². The minimum Gasteiger partial charge on any atom is -0.444 e. The fraction of sp³-hybridized carbons (Fsp3) is 0.692. The van der Waals surface area contributed by atoms with Crippen LogP contribution in [0, 0.1) is 0 Å². The number of nitrogens with zero attached hydrogens (tertiary/aromatic N) is 2. The van der Waals surface area contributed by atoms with Crippen LogP contribution < -0.4 is 0 Å². The molecule has 1 aliphatic heterocycles. The number of H-pyrrole nitrogens is 1. The number of ether oxygens (including phenoxy) is 1. The van der Waals surface area contributed by atoms with Gasteiger partial charge < -0.3 is 14.6 Å². The third-order valence-electron chi connectivity index (χ3n) is 2.85. The Morgan fingerprint density at radius 1 is 1.47 bits per heavy atom. The first kappa shape index (κ1) is 14.2. The monoisotopic (exact) mass is 283 g/mol. The molecule has 19 heavy (non-hydrogen) atoms. The largest absolute Gasteiger partial charge is 0.444 e. The zero-order valence-electron chi connectivity index (χ0n) is 11.7. The van der Waals surface area contributed by atoms with Crippen molar-refractivity contribution in [3.05, 3.63) is 12.4 Å². The van der Waals surface area contributed by atoms with Crippen LogP contribution in [0.2, 0.25) is 0 Å². The summed E-state index contributed by atoms with van der Waals surface area (Å²) >= 11 is 1.75. The van der Waals surface area contributed by atoms with Gasteiger partial charge in [0.05, 0.1) is 0 Å². The van der Waals surface area contributed by atoms with Gasteiger partial charge in [-0.3, -0.25) is 0 Å². The number of nitrogens with one attached hydrogen (secondary N) is 1. The molecule has 6 heteroatoms. The van der Waals surface area contributed by atoms with Crippen molar-refractivity contribution in [2.45, 2.75) is 49.6 Å². The predicted molar refractivity (Wildman–Crippen MR) is 75.3 cm³/mol. The summed E-state index contributed by atoms with van der Waals surface area (Å²) in [7, 11) is 0. The van der Waals surface area contributed by atoms with Gasteiger partial charge in [0.1, 0.15) is 5.60 Å². The molecule has 5 nitrogen and oxygen atoms in total. The van der Waals surface area contributed by atoms with Crippen LogP contribution in [-0.2, 0) is 4.74 Å². The van der Waals surface area contributed by atoms with Crippen LogP contribution >= 0.6 is 11.8 Å². The van der Waals surface area contributed by atoms with Gasteiger partial charge in [-0.15, -0.1) is 0 Å². The topological polar surface area (TPSA) is 58.2 Å². The predicted octanol–water partition coefficient (Wildman–Crippen LogP) is 2.90. The normalized spacial score (nSPS) is 17.5. The molecule has 1 aliphatic rings. The highest BCUT2D eigenvalue weighted by atomic mass is 32.2. The van der Waals surface area contributed by atoms with Crippen LogP contribution in [0.3, 0.4) is 0 Å². The highest BCUT2D eigenvalue weighted by molar-refractivity contribution is 7.99. The number of thioether (sulfide) groups is 1. The summed E-state index contributed by atoms with van der Waals surface area (Å²) < 4.78 is 5.38. The summed E-state index contributed by atoms with van der Waals surface area (Å²) in [5, 5.41) is 1.47. The molecule has 1 amide bonds. The van der Waals surface area contributed by atoms with Gasteiger partial charge in [-0.05, 0) is 33.6 Å². The maximum absolute atomic E-state index is 11.9. The Balaban J connectivity index is 1.77. The van der Waals surface area contributed by atoms with Crippen molar-refractivity contribution in [3.63, 3.8) is 0 Å². The number of likely N-dealkylation sites (tertiary alicyclic amines) is 1. The molecule has 2 heterocycles. The molecule has 1 aromatic heterocycles. The van der Waals surface area contributed by atoms with Crippen molar-refractivity contribution in [3.8, 4) is 0 Å². The quantitative estimate of drug-likeness (QED) is 0.906. The summed E-state index contributed by atoms with van der Waals surface area (Å²) in [6.45, 7) is 7.19. The van der Waals surface area contributed by atoms with Crippen molar-refractivity contribution in [2.24, 2.45) is 0 Å². The molecule has 0 aliphatic carbocycles. The third-order valence-corrected chi connectivity index (χ3v) is 4.10. The van der Waals surface area contributed by atoms with Gasteiger partial charge in [0.25, 0.3) is 0 Å². The van der Waals surface area contributed by atoms with Crippen LogP contribution in [0.5, 0.6) is 0 Å². The van der Waals surface area contributed by atoms with Gasteiger partial charge in [0, 0.05) is 30.7 Å². The van der Waals surface area contributed by atoms with E-state index in [0.29, 0.717) is 5.25 Å². The summed E-state index contributed by atoms with van der Waals surface area (Å²) in [6.07, 6.45) is 5.35. The maximum Gasteiger partial charge on any atom is 0.410 e. The number of aromatic amines is 1. The number of piperidine rings is 1. The number of amides is 1. The summed E-state index contributed by atoms with van der Waals surface area (Å²) in [5.74, 6) is 0. The molecule has 0 bridgehead atoms. The molecule has 0 unspecified atom stereocenters. The fourth-order valence-corrected chi connectivity index (χ4v) is 2.98. The Labute approximate surface area is 118 Å². The minimum absolute atomic E-state index is 0.200. The Morgan fingerprint density at radius 3 is 2.68 bits per heavy atom. The molecule has 0 saturated carbocycles. The lowest BCUT2D eigenvalue weighted by atomic mass is 10.1. The highest BCUT2D eigenvalue weighted by Gasteiger charge is 2.27. The molecule has 0 atom stereocenters. The van der Waals surface area contributed by atoms with E-state index in [2.05, 4.69) is 9.97 Å². The van der Waals surface area contributed by atoms with Crippen molar-refractivity contribution >= 4 is 17.9 Å². The molecule has 0 radical (unpaired) electrons. The van der Waals surface area contributed by atoms with Gasteiger partial charge in [-0.25, -0.2) is 9.78 Å². The van der Waals surface area contributed by atoms with Gasteiger partial charge in [0.15, 0.2) is 5.16 Å². The molecule has 0 aromatic carbocycles. The van der Waals surface area contributed by atoms with E-state index in [1.165, 1.54) is 0 Å². The number of hydrogen-bond acceptors (Lipinski definition) is 4. The molecular formula is C13H21N3O2S. The lowest BCUT2D eigenvalue weighted by Crippen LogP contribution is -2.42. The number of aromatic nitrogens is 2. The fourth-order valence-electron chi connectivity index (χ4n) is 1.96. The molecule has 1 N–H and O–H groups in total. The van der Waals surface area contributed by atoms with Crippen LogP contribution in [0.1, 0.15) is 33.6 Å². The highest BCUT2D eigenvalue weighted by Crippen LogP contribution is 2.28. The Morgan fingerprint density at radius 2 is 2.16 bits per heavy atom. The standard InChI is InChI=1S/C13H21N3O2S/c1-13(2,3)18-12(17)16-8-4-10(5-9-16)19-11-14-6-7-15-11/h6-7,10H,4-5,8-9H2,1-3H3,(H,14,15). The molecule has 1 saturated heterocycles. The van der Waals surface area contributed by atoms with Crippen LogP contribution in [-0.4, -0.2) is 44.9 Å². The smallest absolute Gasteiger partial charge is 0.410 e. The molecule has 2 rings (SSSR count). The molecule has 0 spiro atoms. The molecule has 106 valence electrons. The summed E-state index contributed by atoms with van der Waals surface area (Å²) in [5.41, 5.74) is -0.420. The molecule has 1 aromatic rings. The van der Waals surface area contributed by atoms with Crippen molar-refractivity contribution in [2.75, 3.05) is 13.1 Å². The second-order valence-corrected chi connectivity index (χ2v) is 6.97. The Hall–Kier alpha value is -1.17. The molecule has 1 fully saturated rings. The van der Waals surface area contributed by atoms with Crippen molar-refractivity contribution in [1.82, 2.24) is 14.9 Å². The minimum atomic E-state index is -0.420. The lowest BCUT2D eigenvalue weighted by Gasteiger charge is -2.32. The maximum atomic E-state index is 11.9. The SMILES string of the molecule is CC(C)(C)OC(=O)N1CCC(Sc2ncc[nH]2)CC1. The van der Waals surface area contributed by atoms with E-state index in [-0.39, 0.29) is 6.09 Å². The number of carbonyl (C=O) groups is 1. The first-order valence-corrected chi connectivity index (χ1v) is 7.46. The van der Waals surface area contributed by atoms with Crippen molar-refractivity contribution < 1.29 is 9.53 Å². The molecular weight excluding hydrogens is 262 g/mol. The van der Waals surface area contributed by atoms with Gasteiger partial charge in [-0.2, -0.15) is 0 Å². The van der Waals surface area contributed by atoms with Crippen molar-refractivity contribution in [1.29, 1.82) is 0 Å². The number of imidazole rings is 1. The Bertz CT molecular complexity index is 406. The van der Waals surface area contributed by atoms with Gasteiger partial charge in [-0.1, -0.05) is 11.8 Å². The second-order valence-electron chi connectivity index (χ2n) is 5.68. The van der Waals surface area contributed by atoms with E-state index in [9.17, 15) is 4.79 Å². The summed E-state index contributed by atoms with van der Waals surface area (Å²) in [4.78, 5) is 21.0.